The number of morpholine rings is 1. The number of para-hydroxylation sites is 1. The van der Waals surface area contributed by atoms with Gasteiger partial charge in [-0.1, -0.05) is 18.2 Å². The van der Waals surface area contributed by atoms with Crippen molar-refractivity contribution in [2.24, 2.45) is 7.05 Å². The minimum atomic E-state index is -0.0202. The first-order chi connectivity index (χ1) is 12.1. The number of amides is 1. The molecule has 4 rings (SSSR count). The van der Waals surface area contributed by atoms with E-state index in [1.165, 1.54) is 5.56 Å². The number of carbonyl (C=O) groups excluding carboxylic acids is 1. The fraction of sp³-hybridized carbons (Fsp3) is 0.350. The van der Waals surface area contributed by atoms with Crippen molar-refractivity contribution in [1.29, 1.82) is 0 Å². The second-order valence-electron chi connectivity index (χ2n) is 6.71. The molecule has 0 radical (unpaired) electrons. The Bertz CT molecular complexity index is 909. The molecular weight excluding hydrogens is 314 g/mol. The Morgan fingerprint density at radius 1 is 1.32 bits per heavy atom. The number of aromatic amines is 1. The van der Waals surface area contributed by atoms with Crippen LogP contribution in [0.3, 0.4) is 0 Å². The molecule has 5 nitrogen and oxygen atoms in total. The average molecular weight is 337 g/mol. The van der Waals surface area contributed by atoms with Gasteiger partial charge in [0.15, 0.2) is 0 Å². The van der Waals surface area contributed by atoms with E-state index in [1.807, 2.05) is 36.5 Å². The summed E-state index contributed by atoms with van der Waals surface area (Å²) in [4.78, 5) is 18.3. The van der Waals surface area contributed by atoms with E-state index in [9.17, 15) is 4.79 Å². The maximum Gasteiger partial charge on any atom is 0.227 e. The van der Waals surface area contributed by atoms with Crippen molar-refractivity contribution in [1.82, 2.24) is 14.5 Å². The molecule has 0 saturated carbocycles. The molecule has 0 aliphatic carbocycles. The monoisotopic (exact) mass is 337 g/mol. The minimum Gasteiger partial charge on any atom is -0.377 e. The smallest absolute Gasteiger partial charge is 0.227 e. The Labute approximate surface area is 147 Å². The molecule has 3 aromatic rings. The predicted octanol–water partition coefficient (Wildman–Crippen LogP) is 2.96. The molecule has 0 unspecified atom stereocenters. The van der Waals surface area contributed by atoms with E-state index in [-0.39, 0.29) is 11.9 Å². The van der Waals surface area contributed by atoms with Gasteiger partial charge in [-0.05, 0) is 30.2 Å². The highest BCUT2D eigenvalue weighted by Crippen LogP contribution is 2.27. The summed E-state index contributed by atoms with van der Waals surface area (Å²) < 4.78 is 7.71. The van der Waals surface area contributed by atoms with Gasteiger partial charge in [0, 0.05) is 42.6 Å². The van der Waals surface area contributed by atoms with Crippen LogP contribution in [0.15, 0.2) is 42.7 Å². The largest absolute Gasteiger partial charge is 0.377 e. The van der Waals surface area contributed by atoms with Gasteiger partial charge in [0.1, 0.15) is 0 Å². The van der Waals surface area contributed by atoms with Crippen LogP contribution >= 0.6 is 0 Å². The number of nitrogens with zero attached hydrogens (tertiary/aromatic N) is 2. The van der Waals surface area contributed by atoms with Gasteiger partial charge in [-0.3, -0.25) is 4.79 Å². The number of benzene rings is 1. The number of carbonyl (C=O) groups is 1. The predicted molar refractivity (Wildman–Crippen MR) is 97.4 cm³/mol. The molecule has 1 aliphatic heterocycles. The summed E-state index contributed by atoms with van der Waals surface area (Å²) in [5, 5.41) is 1.14. The minimum absolute atomic E-state index is 0.0202. The number of ether oxygens (including phenoxy) is 1. The lowest BCUT2D eigenvalue weighted by atomic mass is 10.1. The third-order valence-electron chi connectivity index (χ3n) is 5.13. The summed E-state index contributed by atoms with van der Waals surface area (Å²) in [6.07, 6.45) is 4.38. The maximum atomic E-state index is 13.1. The lowest BCUT2D eigenvalue weighted by molar-refractivity contribution is -0.139. The summed E-state index contributed by atoms with van der Waals surface area (Å²) in [6.45, 7) is 3.87. The standard InChI is InChI=1S/C20H23N3O2/c1-14-5-3-6-16-15(12-21-20(14)16)11-19(24)23-9-10-25-13-18(23)17-7-4-8-22(17)2/h3-8,12,18,21H,9-11,13H2,1-2H3/t18-/m0/s1. The summed E-state index contributed by atoms with van der Waals surface area (Å²) in [6, 6.07) is 10.3. The third kappa shape index (κ3) is 2.85. The van der Waals surface area contributed by atoms with Crippen LogP contribution in [0, 0.1) is 6.92 Å². The average Bonchev–Trinajstić information content (AvgIpc) is 3.22. The van der Waals surface area contributed by atoms with Crippen molar-refractivity contribution in [2.45, 2.75) is 19.4 Å². The molecule has 1 fully saturated rings. The van der Waals surface area contributed by atoms with Gasteiger partial charge in [-0.15, -0.1) is 0 Å². The Hall–Kier alpha value is -2.53. The van der Waals surface area contributed by atoms with Gasteiger partial charge in [0.2, 0.25) is 5.91 Å². The lowest BCUT2D eigenvalue weighted by Gasteiger charge is -2.36. The molecule has 1 aliphatic rings. The highest BCUT2D eigenvalue weighted by Gasteiger charge is 2.30. The summed E-state index contributed by atoms with van der Waals surface area (Å²) >= 11 is 0. The number of H-pyrrole nitrogens is 1. The quantitative estimate of drug-likeness (QED) is 0.799. The molecule has 5 heteroatoms. The first-order valence-corrected chi connectivity index (χ1v) is 8.69. The fourth-order valence-corrected chi connectivity index (χ4v) is 3.74. The number of fused-ring (bicyclic) bond motifs is 1. The van der Waals surface area contributed by atoms with Crippen molar-refractivity contribution >= 4 is 16.8 Å². The van der Waals surface area contributed by atoms with E-state index in [0.29, 0.717) is 26.2 Å². The maximum absolute atomic E-state index is 13.1. The van der Waals surface area contributed by atoms with Crippen LogP contribution in [0.4, 0.5) is 0 Å². The topological polar surface area (TPSA) is 50.3 Å². The number of nitrogens with one attached hydrogen (secondary N) is 1. The third-order valence-corrected chi connectivity index (χ3v) is 5.13. The molecular formula is C20H23N3O2. The van der Waals surface area contributed by atoms with E-state index >= 15 is 0 Å². The second kappa shape index (κ2) is 6.41. The van der Waals surface area contributed by atoms with Crippen molar-refractivity contribution in [3.63, 3.8) is 0 Å². The van der Waals surface area contributed by atoms with Crippen LogP contribution in [0.25, 0.3) is 10.9 Å². The molecule has 130 valence electrons. The Morgan fingerprint density at radius 2 is 2.20 bits per heavy atom. The van der Waals surface area contributed by atoms with E-state index < -0.39 is 0 Å². The van der Waals surface area contributed by atoms with Crippen LogP contribution in [0.1, 0.15) is 22.9 Å². The van der Waals surface area contributed by atoms with E-state index in [4.69, 9.17) is 4.74 Å². The molecule has 1 N–H and O–H groups in total. The fourth-order valence-electron chi connectivity index (χ4n) is 3.74. The first-order valence-electron chi connectivity index (χ1n) is 8.69. The molecule has 0 bridgehead atoms. The van der Waals surface area contributed by atoms with Crippen LogP contribution in [-0.4, -0.2) is 40.1 Å². The van der Waals surface area contributed by atoms with E-state index in [2.05, 4.69) is 34.7 Å². The van der Waals surface area contributed by atoms with Crippen molar-refractivity contribution in [2.75, 3.05) is 19.8 Å². The van der Waals surface area contributed by atoms with Crippen LogP contribution < -0.4 is 0 Å². The lowest BCUT2D eigenvalue weighted by Crippen LogP contribution is -2.44. The van der Waals surface area contributed by atoms with E-state index in [1.54, 1.807) is 0 Å². The highest BCUT2D eigenvalue weighted by molar-refractivity contribution is 5.90. The van der Waals surface area contributed by atoms with E-state index in [0.717, 1.165) is 22.2 Å². The molecule has 0 spiro atoms. The van der Waals surface area contributed by atoms with Crippen molar-refractivity contribution < 1.29 is 9.53 Å². The SMILES string of the molecule is Cc1cccc2c(CC(=O)N3CCOC[C@H]3c3cccn3C)c[nH]c12. The molecule has 2 aromatic heterocycles. The number of rotatable bonds is 3. The Balaban J connectivity index is 1.60. The molecule has 1 saturated heterocycles. The normalized spacial score (nSPS) is 18.0. The van der Waals surface area contributed by atoms with Crippen LogP contribution in [-0.2, 0) is 23.0 Å². The number of aromatic nitrogens is 2. The van der Waals surface area contributed by atoms with Crippen molar-refractivity contribution in [3.8, 4) is 0 Å². The Kier molecular flexibility index (Phi) is 4.09. The van der Waals surface area contributed by atoms with Gasteiger partial charge >= 0.3 is 0 Å². The van der Waals surface area contributed by atoms with Gasteiger partial charge in [-0.2, -0.15) is 0 Å². The highest BCUT2D eigenvalue weighted by atomic mass is 16.5. The van der Waals surface area contributed by atoms with Gasteiger partial charge in [-0.25, -0.2) is 0 Å². The van der Waals surface area contributed by atoms with Gasteiger partial charge in [0.05, 0.1) is 25.7 Å². The zero-order chi connectivity index (χ0) is 17.4. The number of hydrogen-bond acceptors (Lipinski definition) is 2. The Morgan fingerprint density at radius 3 is 3.00 bits per heavy atom. The van der Waals surface area contributed by atoms with Crippen LogP contribution in [0.2, 0.25) is 0 Å². The van der Waals surface area contributed by atoms with Gasteiger partial charge in [0.25, 0.3) is 0 Å². The second-order valence-corrected chi connectivity index (χ2v) is 6.71. The number of aryl methyl sites for hydroxylation is 2. The molecule has 1 atom stereocenters. The molecule has 25 heavy (non-hydrogen) atoms. The summed E-state index contributed by atoms with van der Waals surface area (Å²) in [5.41, 5.74) is 4.49. The molecule has 3 heterocycles. The zero-order valence-electron chi connectivity index (χ0n) is 14.7. The van der Waals surface area contributed by atoms with Crippen molar-refractivity contribution in [3.05, 3.63) is 59.5 Å². The van der Waals surface area contributed by atoms with Crippen LogP contribution in [0.5, 0.6) is 0 Å². The number of hydrogen-bond donors (Lipinski definition) is 1. The molecule has 1 aromatic carbocycles. The zero-order valence-corrected chi connectivity index (χ0v) is 14.7. The summed E-state index contributed by atoms with van der Waals surface area (Å²) in [5.74, 6) is 0.150. The summed E-state index contributed by atoms with van der Waals surface area (Å²) in [7, 11) is 2.01. The molecule has 1 amide bonds. The first kappa shape index (κ1) is 16.0. The van der Waals surface area contributed by atoms with Gasteiger partial charge < -0.3 is 19.2 Å².